The lowest BCUT2D eigenvalue weighted by Crippen LogP contribution is -2.53. The number of aromatic nitrogens is 1. The lowest BCUT2D eigenvalue weighted by molar-refractivity contribution is -0.136. The van der Waals surface area contributed by atoms with Gasteiger partial charge in [-0.3, -0.25) is 4.79 Å². The van der Waals surface area contributed by atoms with Gasteiger partial charge in [0.25, 0.3) is 0 Å². The Labute approximate surface area is 239 Å². The summed E-state index contributed by atoms with van der Waals surface area (Å²) in [5.74, 6) is -2.01. The first-order chi connectivity index (χ1) is 19.4. The van der Waals surface area contributed by atoms with Gasteiger partial charge in [-0.15, -0.1) is 0 Å². The minimum atomic E-state index is -4.69. The van der Waals surface area contributed by atoms with E-state index in [-0.39, 0.29) is 24.9 Å². The molecule has 1 fully saturated rings. The fourth-order valence-corrected chi connectivity index (χ4v) is 6.09. The SMILES string of the molecule is CC(C)(N)C(=O)N1CCC(c2c(Cc3ccccc3)cn(S(=O)(=O)NC(=O)OCc3ccccc3)c2C(=O)O)CC1. The van der Waals surface area contributed by atoms with E-state index in [0.717, 1.165) is 5.56 Å². The molecule has 41 heavy (non-hydrogen) atoms. The number of aromatic carboxylic acids is 1. The number of likely N-dealkylation sites (tertiary alicyclic amines) is 1. The Kier molecular flexibility index (Phi) is 8.83. The van der Waals surface area contributed by atoms with Gasteiger partial charge in [0.05, 0.1) is 5.54 Å². The van der Waals surface area contributed by atoms with Crippen LogP contribution in [0.1, 0.15) is 65.3 Å². The molecular weight excluding hydrogens is 548 g/mol. The number of carbonyl (C=O) groups is 3. The minimum absolute atomic E-state index is 0.166. The number of ether oxygens (including phenoxy) is 1. The van der Waals surface area contributed by atoms with Crippen molar-refractivity contribution in [3.63, 3.8) is 0 Å². The van der Waals surface area contributed by atoms with Crippen LogP contribution in [-0.4, -0.2) is 59.0 Å². The number of rotatable bonds is 9. The Bertz CT molecular complexity index is 1510. The van der Waals surface area contributed by atoms with E-state index in [1.807, 2.05) is 35.1 Å². The summed E-state index contributed by atoms with van der Waals surface area (Å²) in [4.78, 5) is 39.4. The van der Waals surface area contributed by atoms with Crippen molar-refractivity contribution in [1.82, 2.24) is 13.6 Å². The van der Waals surface area contributed by atoms with E-state index >= 15 is 0 Å². The molecule has 1 aliphatic heterocycles. The fourth-order valence-electron chi connectivity index (χ4n) is 5.04. The minimum Gasteiger partial charge on any atom is -0.477 e. The molecule has 0 bridgehead atoms. The lowest BCUT2D eigenvalue weighted by atomic mass is 9.85. The molecule has 0 saturated carbocycles. The van der Waals surface area contributed by atoms with Gasteiger partial charge in [0.2, 0.25) is 5.91 Å². The number of carboxylic acids is 1. The Morgan fingerprint density at radius 1 is 1.00 bits per heavy atom. The number of nitrogens with zero attached hydrogens (tertiary/aromatic N) is 2. The van der Waals surface area contributed by atoms with Crippen LogP contribution >= 0.6 is 0 Å². The zero-order chi connectivity index (χ0) is 29.8. The molecule has 0 spiro atoms. The van der Waals surface area contributed by atoms with Crippen molar-refractivity contribution >= 4 is 28.2 Å². The smallest absolute Gasteiger partial charge is 0.422 e. The summed E-state index contributed by atoms with van der Waals surface area (Å²) < 4.78 is 34.2. The van der Waals surface area contributed by atoms with Crippen molar-refractivity contribution in [2.45, 2.75) is 51.2 Å². The van der Waals surface area contributed by atoms with E-state index in [9.17, 15) is 27.9 Å². The fraction of sp³-hybridized carbons (Fsp3) is 0.345. The van der Waals surface area contributed by atoms with Gasteiger partial charge in [-0.1, -0.05) is 60.7 Å². The second kappa shape index (κ2) is 12.1. The number of nitrogens with one attached hydrogen (secondary N) is 1. The molecule has 4 rings (SSSR count). The number of piperidine rings is 1. The number of hydrogen-bond donors (Lipinski definition) is 3. The highest BCUT2D eigenvalue weighted by Gasteiger charge is 2.36. The summed E-state index contributed by atoms with van der Waals surface area (Å²) in [6.45, 7) is 3.78. The summed E-state index contributed by atoms with van der Waals surface area (Å²) in [5.41, 5.74) is 6.86. The van der Waals surface area contributed by atoms with Gasteiger partial charge < -0.3 is 20.5 Å². The van der Waals surface area contributed by atoms with E-state index in [1.54, 1.807) is 49.1 Å². The molecule has 1 aliphatic rings. The molecule has 0 unspecified atom stereocenters. The second-order valence-corrected chi connectivity index (χ2v) is 12.2. The molecule has 12 heteroatoms. The average molecular weight is 583 g/mol. The molecule has 2 amide bonds. The van der Waals surface area contributed by atoms with Gasteiger partial charge in [-0.2, -0.15) is 8.42 Å². The van der Waals surface area contributed by atoms with Gasteiger partial charge in [-0.25, -0.2) is 18.3 Å². The van der Waals surface area contributed by atoms with Crippen LogP contribution < -0.4 is 10.5 Å². The van der Waals surface area contributed by atoms with Crippen molar-refractivity contribution in [2.75, 3.05) is 13.1 Å². The third kappa shape index (κ3) is 7.14. The molecular formula is C29H34N4O7S. The average Bonchev–Trinajstić information content (AvgIpc) is 3.32. The molecule has 2 heterocycles. The van der Waals surface area contributed by atoms with Crippen molar-refractivity contribution < 1.29 is 32.6 Å². The first-order valence-electron chi connectivity index (χ1n) is 13.2. The van der Waals surface area contributed by atoms with Crippen LogP contribution in [0.5, 0.6) is 0 Å². The van der Waals surface area contributed by atoms with E-state index < -0.39 is 33.5 Å². The van der Waals surface area contributed by atoms with Crippen LogP contribution in [0, 0.1) is 0 Å². The summed E-state index contributed by atoms with van der Waals surface area (Å²) in [6.07, 6.45) is 1.12. The molecule has 218 valence electrons. The Balaban J connectivity index is 1.66. The highest BCUT2D eigenvalue weighted by molar-refractivity contribution is 7.88. The molecule has 1 saturated heterocycles. The standard InChI is InChI=1S/C29H34N4O7S/c1-29(2,30)27(36)32-15-13-22(14-16-32)24-23(17-20-9-5-3-6-10-20)18-33(25(24)26(34)35)41(38,39)31-28(37)40-19-21-11-7-4-8-12-21/h3-12,18,22H,13-17,19,30H2,1-2H3,(H,31,37)(H,34,35). The van der Waals surface area contributed by atoms with Gasteiger partial charge in [-0.05, 0) is 61.3 Å². The third-order valence-corrected chi connectivity index (χ3v) is 8.19. The molecule has 0 radical (unpaired) electrons. The summed E-state index contributed by atoms with van der Waals surface area (Å²) in [7, 11) is -4.69. The molecule has 2 aromatic carbocycles. The van der Waals surface area contributed by atoms with Gasteiger partial charge in [0.15, 0.2) is 0 Å². The third-order valence-electron chi connectivity index (χ3n) is 6.96. The van der Waals surface area contributed by atoms with Crippen molar-refractivity contribution in [3.8, 4) is 0 Å². The zero-order valence-electron chi connectivity index (χ0n) is 22.9. The van der Waals surface area contributed by atoms with E-state index in [1.165, 1.54) is 6.20 Å². The van der Waals surface area contributed by atoms with Crippen LogP contribution in [0.25, 0.3) is 0 Å². The Morgan fingerprint density at radius 3 is 2.10 bits per heavy atom. The molecule has 11 nitrogen and oxygen atoms in total. The van der Waals surface area contributed by atoms with Gasteiger partial charge in [0, 0.05) is 19.3 Å². The largest absolute Gasteiger partial charge is 0.477 e. The maximum absolute atomic E-state index is 13.4. The van der Waals surface area contributed by atoms with Crippen LogP contribution in [-0.2, 0) is 32.8 Å². The number of carboxylic acid groups (broad SMARTS) is 1. The number of benzene rings is 2. The molecule has 0 aliphatic carbocycles. The normalized spacial score (nSPS) is 14.5. The highest BCUT2D eigenvalue weighted by Crippen LogP contribution is 2.36. The van der Waals surface area contributed by atoms with E-state index in [0.29, 0.717) is 46.6 Å². The van der Waals surface area contributed by atoms with Crippen molar-refractivity contribution in [1.29, 1.82) is 0 Å². The van der Waals surface area contributed by atoms with Crippen molar-refractivity contribution in [3.05, 3.63) is 94.8 Å². The number of amides is 2. The first-order valence-corrected chi connectivity index (χ1v) is 14.6. The quantitative estimate of drug-likeness (QED) is 0.347. The topological polar surface area (TPSA) is 161 Å². The predicted molar refractivity (Wildman–Crippen MR) is 152 cm³/mol. The molecule has 0 atom stereocenters. The zero-order valence-corrected chi connectivity index (χ0v) is 23.8. The Morgan fingerprint density at radius 2 is 1.56 bits per heavy atom. The van der Waals surface area contributed by atoms with Crippen LogP contribution in [0.3, 0.4) is 0 Å². The molecule has 4 N–H and O–H groups in total. The molecule has 1 aromatic heterocycles. The van der Waals surface area contributed by atoms with Crippen molar-refractivity contribution in [2.24, 2.45) is 5.73 Å². The summed E-state index contributed by atoms with van der Waals surface area (Å²) >= 11 is 0. The summed E-state index contributed by atoms with van der Waals surface area (Å²) in [6, 6.07) is 18.0. The number of nitrogens with two attached hydrogens (primary N) is 1. The number of hydrogen-bond acceptors (Lipinski definition) is 7. The van der Waals surface area contributed by atoms with Crippen LogP contribution in [0.15, 0.2) is 66.9 Å². The highest BCUT2D eigenvalue weighted by atomic mass is 32.2. The lowest BCUT2D eigenvalue weighted by Gasteiger charge is -2.36. The summed E-state index contributed by atoms with van der Waals surface area (Å²) in [5, 5.41) is 10.2. The maximum atomic E-state index is 13.4. The van der Waals surface area contributed by atoms with Crippen LogP contribution in [0.4, 0.5) is 4.79 Å². The van der Waals surface area contributed by atoms with E-state index in [2.05, 4.69) is 0 Å². The van der Waals surface area contributed by atoms with Gasteiger partial charge >= 0.3 is 22.3 Å². The van der Waals surface area contributed by atoms with Gasteiger partial charge in [0.1, 0.15) is 12.3 Å². The first kappa shape index (κ1) is 29.8. The predicted octanol–water partition coefficient (Wildman–Crippen LogP) is 3.24. The Hall–Kier alpha value is -4.16. The van der Waals surface area contributed by atoms with E-state index in [4.69, 9.17) is 10.5 Å². The maximum Gasteiger partial charge on any atom is 0.422 e. The number of carbonyl (C=O) groups excluding carboxylic acids is 2. The molecule has 3 aromatic rings. The van der Waals surface area contributed by atoms with Crippen LogP contribution in [0.2, 0.25) is 0 Å². The second-order valence-electron chi connectivity index (χ2n) is 10.6. The monoisotopic (exact) mass is 582 g/mol.